The number of benzene rings is 1. The van der Waals surface area contributed by atoms with E-state index in [4.69, 9.17) is 14.2 Å². The molecule has 0 saturated heterocycles. The molecule has 106 valence electrons. The quantitative estimate of drug-likeness (QED) is 0.471. The Morgan fingerprint density at radius 3 is 2.37 bits per heavy atom. The number of rotatable bonds is 7. The van der Waals surface area contributed by atoms with Gasteiger partial charge in [-0.1, -0.05) is 0 Å². The molecular formula is C13H22O4PSi+. The minimum absolute atomic E-state index is 0.218. The van der Waals surface area contributed by atoms with Crippen LogP contribution >= 0.6 is 7.26 Å². The number of phenolic OH excluding ortho intramolecular Hbond substituents is 1. The van der Waals surface area contributed by atoms with Gasteiger partial charge in [-0.3, -0.25) is 0 Å². The van der Waals surface area contributed by atoms with Gasteiger partial charge in [0.15, 0.2) is 15.3 Å². The third-order valence-electron chi connectivity index (χ3n) is 2.57. The summed E-state index contributed by atoms with van der Waals surface area (Å²) >= 11 is 0. The van der Waals surface area contributed by atoms with Crippen molar-refractivity contribution in [1.29, 1.82) is 0 Å². The van der Waals surface area contributed by atoms with Gasteiger partial charge in [0, 0.05) is 27.5 Å². The summed E-state index contributed by atoms with van der Waals surface area (Å²) in [6, 6.07) is 5.28. The first kappa shape index (κ1) is 16.4. The molecule has 0 aromatic heterocycles. The summed E-state index contributed by atoms with van der Waals surface area (Å²) in [5, 5.41) is 10.7. The molecule has 1 N–H and O–H groups in total. The highest BCUT2D eigenvalue weighted by Crippen LogP contribution is 2.48. The van der Waals surface area contributed by atoms with Crippen molar-refractivity contribution < 1.29 is 19.3 Å². The molecule has 2 radical (unpaired) electrons. The molecule has 1 rings (SSSR count). The van der Waals surface area contributed by atoms with E-state index in [1.165, 1.54) is 0 Å². The fraction of sp³-hybridized carbons (Fsp3) is 0.538. The molecule has 6 heteroatoms. The Morgan fingerprint density at radius 2 is 1.84 bits per heavy atom. The molecular weight excluding hydrogens is 279 g/mol. The minimum Gasteiger partial charge on any atom is -0.508 e. The van der Waals surface area contributed by atoms with Gasteiger partial charge in [-0.25, -0.2) is 0 Å². The smallest absolute Gasteiger partial charge is 0.166 e. The lowest BCUT2D eigenvalue weighted by atomic mass is 10.3. The van der Waals surface area contributed by atoms with E-state index in [0.29, 0.717) is 15.7 Å². The number of hydrogen-bond acceptors (Lipinski definition) is 4. The van der Waals surface area contributed by atoms with Gasteiger partial charge in [-0.05, 0) is 12.1 Å². The van der Waals surface area contributed by atoms with Crippen molar-refractivity contribution >= 4 is 22.1 Å². The van der Waals surface area contributed by atoms with Crippen LogP contribution in [0.3, 0.4) is 0 Å². The Morgan fingerprint density at radius 1 is 1.21 bits per heavy atom. The second-order valence-corrected chi connectivity index (χ2v) is 10.6. The lowest BCUT2D eigenvalue weighted by molar-refractivity contribution is -0.0450. The Hall–Kier alpha value is -0.613. The monoisotopic (exact) mass is 301 g/mol. The van der Waals surface area contributed by atoms with Crippen LogP contribution in [-0.4, -0.2) is 61.0 Å². The second-order valence-electron chi connectivity index (χ2n) is 4.96. The van der Waals surface area contributed by atoms with E-state index in [-0.39, 0.29) is 11.7 Å². The van der Waals surface area contributed by atoms with Gasteiger partial charge in [-0.15, -0.1) is 0 Å². The Bertz CT molecular complexity index is 402. The highest BCUT2D eigenvalue weighted by molar-refractivity contribution is 7.81. The van der Waals surface area contributed by atoms with E-state index < -0.39 is 7.26 Å². The maximum Gasteiger partial charge on any atom is 0.166 e. The molecule has 0 aliphatic rings. The summed E-state index contributed by atoms with van der Waals surface area (Å²) in [5.74, 6) is 0.911. The van der Waals surface area contributed by atoms with E-state index >= 15 is 0 Å². The predicted octanol–water partition coefficient (Wildman–Crippen LogP) is 1.54. The van der Waals surface area contributed by atoms with Crippen LogP contribution in [0.5, 0.6) is 11.5 Å². The van der Waals surface area contributed by atoms with Gasteiger partial charge in [0.2, 0.25) is 0 Å². The van der Waals surface area contributed by atoms with Crippen molar-refractivity contribution in [3.63, 3.8) is 0 Å². The highest BCUT2D eigenvalue weighted by atomic mass is 31.2. The van der Waals surface area contributed by atoms with Crippen LogP contribution < -0.4 is 10.0 Å². The van der Waals surface area contributed by atoms with E-state index in [1.807, 2.05) is 6.07 Å². The first-order chi connectivity index (χ1) is 8.88. The van der Waals surface area contributed by atoms with Crippen LogP contribution in [0.1, 0.15) is 0 Å². The summed E-state index contributed by atoms with van der Waals surface area (Å²) in [5.41, 5.74) is 0. The van der Waals surface area contributed by atoms with Crippen LogP contribution in [0.15, 0.2) is 18.2 Å². The fourth-order valence-electron chi connectivity index (χ4n) is 1.60. The zero-order valence-corrected chi connectivity index (χ0v) is 14.0. The summed E-state index contributed by atoms with van der Waals surface area (Å²) in [6.45, 7) is 6.60. The third-order valence-corrected chi connectivity index (χ3v) is 5.48. The van der Waals surface area contributed by atoms with E-state index in [0.717, 1.165) is 11.1 Å². The summed E-state index contributed by atoms with van der Waals surface area (Å²) in [4.78, 5) is 0. The average molecular weight is 301 g/mol. The first-order valence-corrected chi connectivity index (χ1v) is 10.4. The van der Waals surface area contributed by atoms with E-state index in [1.54, 1.807) is 26.4 Å². The van der Waals surface area contributed by atoms with Crippen LogP contribution in [0.25, 0.3) is 0 Å². The Kier molecular flexibility index (Phi) is 6.27. The zero-order chi connectivity index (χ0) is 14.5. The molecule has 0 fully saturated rings. The largest absolute Gasteiger partial charge is 0.508 e. The molecule has 0 amide bonds. The maximum absolute atomic E-state index is 9.61. The molecule has 0 unspecified atom stereocenters. The van der Waals surface area contributed by atoms with Crippen LogP contribution in [-0.2, 0) is 9.47 Å². The molecule has 1 aromatic carbocycles. The molecule has 0 aliphatic heterocycles. The number of phenols is 1. The maximum atomic E-state index is 9.61. The van der Waals surface area contributed by atoms with Crippen molar-refractivity contribution in [2.24, 2.45) is 0 Å². The molecule has 0 bridgehead atoms. The van der Waals surface area contributed by atoms with Crippen LogP contribution in [0.4, 0.5) is 0 Å². The van der Waals surface area contributed by atoms with Crippen molar-refractivity contribution in [1.82, 2.24) is 0 Å². The molecule has 0 spiro atoms. The van der Waals surface area contributed by atoms with Crippen molar-refractivity contribution in [2.45, 2.75) is 5.91 Å². The topological polar surface area (TPSA) is 47.9 Å². The standard InChI is InChI=1S/C13H21O4PSi/c1-15-13(16-2)19-9-17-11-7-6-10(14)8-12(11)18(3,4)5/h6-8,13H,9H2,1-5H3/p+1. The summed E-state index contributed by atoms with van der Waals surface area (Å²) < 4.78 is 16.1. The molecule has 0 saturated carbocycles. The summed E-state index contributed by atoms with van der Waals surface area (Å²) in [7, 11) is 2.39. The number of methoxy groups -OCH3 is 2. The van der Waals surface area contributed by atoms with Gasteiger partial charge in [0.1, 0.15) is 17.0 Å². The predicted molar refractivity (Wildman–Crippen MR) is 81.5 cm³/mol. The van der Waals surface area contributed by atoms with Gasteiger partial charge < -0.3 is 19.3 Å². The molecule has 4 nitrogen and oxygen atoms in total. The van der Waals surface area contributed by atoms with E-state index in [2.05, 4.69) is 20.0 Å². The van der Waals surface area contributed by atoms with Crippen LogP contribution in [0.2, 0.25) is 0 Å². The zero-order valence-electron chi connectivity index (χ0n) is 12.1. The molecule has 1 aromatic rings. The highest BCUT2D eigenvalue weighted by Gasteiger charge is 2.27. The van der Waals surface area contributed by atoms with Gasteiger partial charge in [0.05, 0.1) is 26.2 Å². The van der Waals surface area contributed by atoms with Gasteiger partial charge in [0.25, 0.3) is 0 Å². The Labute approximate surface area is 118 Å². The molecule has 0 aliphatic carbocycles. The molecule has 19 heavy (non-hydrogen) atoms. The second kappa shape index (κ2) is 7.24. The van der Waals surface area contributed by atoms with Gasteiger partial charge in [-0.2, -0.15) is 0 Å². The average Bonchev–Trinajstić information content (AvgIpc) is 2.35. The minimum atomic E-state index is -1.25. The molecule has 0 atom stereocenters. The Balaban J connectivity index is 2.73. The first-order valence-electron chi connectivity index (χ1n) is 5.95. The van der Waals surface area contributed by atoms with Crippen molar-refractivity contribution in [2.75, 3.05) is 40.4 Å². The molecule has 0 heterocycles. The third kappa shape index (κ3) is 5.11. The van der Waals surface area contributed by atoms with Crippen molar-refractivity contribution in [3.8, 4) is 11.5 Å². The van der Waals surface area contributed by atoms with Gasteiger partial charge >= 0.3 is 0 Å². The van der Waals surface area contributed by atoms with E-state index in [9.17, 15) is 5.11 Å². The number of aromatic hydroxyl groups is 1. The summed E-state index contributed by atoms with van der Waals surface area (Å²) in [6.07, 6.45) is 0.546. The normalized spacial score (nSPS) is 11.9. The number of hydrogen-bond donors (Lipinski definition) is 1. The fourth-order valence-corrected chi connectivity index (χ4v) is 3.63. The SMILES string of the molecule is COC(OC)[Si]COc1ccc(O)cc1[P+](C)(C)C. The lowest BCUT2D eigenvalue weighted by Gasteiger charge is -2.18. The van der Waals surface area contributed by atoms with Crippen molar-refractivity contribution in [3.05, 3.63) is 18.2 Å². The lowest BCUT2D eigenvalue weighted by Crippen LogP contribution is -2.27. The number of ether oxygens (including phenoxy) is 3. The van der Waals surface area contributed by atoms with Crippen LogP contribution in [0, 0.1) is 0 Å².